The summed E-state index contributed by atoms with van der Waals surface area (Å²) in [5.74, 6) is 1.01. The Balaban J connectivity index is 2.14. The Bertz CT molecular complexity index is 472. The van der Waals surface area contributed by atoms with Crippen molar-refractivity contribution in [1.82, 2.24) is 0 Å². The minimum absolute atomic E-state index is 0.0665. The van der Waals surface area contributed by atoms with E-state index in [9.17, 15) is 5.11 Å². The summed E-state index contributed by atoms with van der Waals surface area (Å²) in [4.78, 5) is 0. The van der Waals surface area contributed by atoms with Gasteiger partial charge in [0, 0.05) is 9.50 Å². The second-order valence-electron chi connectivity index (χ2n) is 6.99. The van der Waals surface area contributed by atoms with Crippen molar-refractivity contribution in [2.45, 2.75) is 52.6 Å². The van der Waals surface area contributed by atoms with E-state index in [0.717, 1.165) is 28.8 Å². The lowest BCUT2D eigenvalue weighted by molar-refractivity contribution is -0.0125. The van der Waals surface area contributed by atoms with Gasteiger partial charge >= 0.3 is 0 Å². The topological polar surface area (TPSA) is 20.2 Å². The van der Waals surface area contributed by atoms with Crippen LogP contribution >= 0.6 is 27.5 Å². The molecule has 0 saturated heterocycles. The summed E-state index contributed by atoms with van der Waals surface area (Å²) < 4.78 is 1.01. The average Bonchev–Trinajstić information content (AvgIpc) is 2.32. The van der Waals surface area contributed by atoms with E-state index in [-0.39, 0.29) is 11.5 Å². The molecule has 1 saturated carbocycles. The molecule has 0 amide bonds. The zero-order chi connectivity index (χ0) is 14.9. The smallest absolute Gasteiger partial charge is 0.0576 e. The molecule has 0 aromatic heterocycles. The van der Waals surface area contributed by atoms with Crippen LogP contribution in [0.25, 0.3) is 0 Å². The summed E-state index contributed by atoms with van der Waals surface area (Å²) in [5.41, 5.74) is 1.24. The summed E-state index contributed by atoms with van der Waals surface area (Å²) >= 11 is 9.79. The lowest BCUT2D eigenvalue weighted by atomic mass is 9.65. The molecule has 0 radical (unpaired) electrons. The molecule has 1 aliphatic carbocycles. The molecule has 1 aliphatic rings. The third-order valence-electron chi connectivity index (χ3n) is 4.74. The van der Waals surface area contributed by atoms with Crippen LogP contribution in [0.2, 0.25) is 5.02 Å². The molecule has 0 bridgehead atoms. The Labute approximate surface area is 135 Å². The first-order chi connectivity index (χ1) is 9.29. The summed E-state index contributed by atoms with van der Waals surface area (Å²) in [6.07, 6.45) is 4.00. The molecule has 1 aromatic carbocycles. The number of hydrogen-bond donors (Lipinski definition) is 1. The van der Waals surface area contributed by atoms with Gasteiger partial charge in [0.15, 0.2) is 0 Å². The van der Waals surface area contributed by atoms with Gasteiger partial charge in [-0.15, -0.1) is 0 Å². The van der Waals surface area contributed by atoms with Gasteiger partial charge in [-0.2, -0.15) is 0 Å². The largest absolute Gasteiger partial charge is 0.393 e. The normalized spacial score (nSPS) is 27.6. The number of aliphatic hydroxyl groups is 1. The number of rotatable bonds is 3. The fourth-order valence-electron chi connectivity index (χ4n) is 3.55. The van der Waals surface area contributed by atoms with E-state index < -0.39 is 0 Å². The second-order valence-corrected chi connectivity index (χ2v) is 8.32. The highest BCUT2D eigenvalue weighted by Crippen LogP contribution is 2.43. The SMILES string of the molecule is CC1CCC(C(C)(C)Cc2ccc(Br)cc2Cl)C(O)C1. The standard InChI is InChI=1S/C17H24BrClO/c1-11-4-7-14(16(20)8-11)17(2,3)10-12-5-6-13(18)9-15(12)19/h5-6,9,11,14,16,20H,4,7-8,10H2,1-3H3. The molecule has 1 N–H and O–H groups in total. The predicted octanol–water partition coefficient (Wildman–Crippen LogP) is 5.47. The van der Waals surface area contributed by atoms with Gasteiger partial charge in [-0.1, -0.05) is 60.8 Å². The van der Waals surface area contributed by atoms with Gasteiger partial charge in [0.05, 0.1) is 6.10 Å². The molecule has 20 heavy (non-hydrogen) atoms. The van der Waals surface area contributed by atoms with Crippen LogP contribution in [0.4, 0.5) is 0 Å². The van der Waals surface area contributed by atoms with Crippen molar-refractivity contribution in [2.24, 2.45) is 17.3 Å². The molecule has 1 nitrogen and oxygen atoms in total. The molecule has 3 heteroatoms. The Morgan fingerprint density at radius 2 is 2.05 bits per heavy atom. The average molecular weight is 360 g/mol. The molecule has 3 unspecified atom stereocenters. The Hall–Kier alpha value is -0.0500. The van der Waals surface area contributed by atoms with Gasteiger partial charge in [0.2, 0.25) is 0 Å². The third-order valence-corrected chi connectivity index (χ3v) is 5.59. The maximum atomic E-state index is 10.4. The summed E-state index contributed by atoms with van der Waals surface area (Å²) in [7, 11) is 0. The first-order valence-corrected chi connectivity index (χ1v) is 8.58. The number of aliphatic hydroxyl groups excluding tert-OH is 1. The molecule has 3 atom stereocenters. The molecule has 2 rings (SSSR count). The van der Waals surface area contributed by atoms with Crippen molar-refractivity contribution < 1.29 is 5.11 Å². The van der Waals surface area contributed by atoms with Crippen LogP contribution in [0.1, 0.15) is 45.6 Å². The Morgan fingerprint density at radius 3 is 2.65 bits per heavy atom. The fourth-order valence-corrected chi connectivity index (χ4v) is 4.29. The van der Waals surface area contributed by atoms with Crippen LogP contribution in [-0.4, -0.2) is 11.2 Å². The van der Waals surface area contributed by atoms with E-state index in [1.165, 1.54) is 12.0 Å². The number of benzene rings is 1. The monoisotopic (exact) mass is 358 g/mol. The second kappa shape index (κ2) is 6.37. The highest BCUT2D eigenvalue weighted by atomic mass is 79.9. The van der Waals surface area contributed by atoms with E-state index in [4.69, 9.17) is 11.6 Å². The molecule has 0 aliphatic heterocycles. The highest BCUT2D eigenvalue weighted by Gasteiger charge is 2.38. The molecule has 0 spiro atoms. The first kappa shape index (κ1) is 16.3. The van der Waals surface area contributed by atoms with E-state index in [1.54, 1.807) is 0 Å². The maximum Gasteiger partial charge on any atom is 0.0576 e. The third kappa shape index (κ3) is 3.78. The van der Waals surface area contributed by atoms with Gasteiger partial charge in [0.25, 0.3) is 0 Å². The van der Waals surface area contributed by atoms with E-state index in [2.05, 4.69) is 42.8 Å². The number of hydrogen-bond acceptors (Lipinski definition) is 1. The Morgan fingerprint density at radius 1 is 1.35 bits per heavy atom. The van der Waals surface area contributed by atoms with Crippen LogP contribution in [-0.2, 0) is 6.42 Å². The van der Waals surface area contributed by atoms with E-state index in [0.29, 0.717) is 11.8 Å². The molecule has 1 aromatic rings. The van der Waals surface area contributed by atoms with Crippen LogP contribution in [0, 0.1) is 17.3 Å². The van der Waals surface area contributed by atoms with Crippen LogP contribution in [0.3, 0.4) is 0 Å². The zero-order valence-corrected chi connectivity index (χ0v) is 14.8. The van der Waals surface area contributed by atoms with E-state index >= 15 is 0 Å². The van der Waals surface area contributed by atoms with Crippen molar-refractivity contribution >= 4 is 27.5 Å². The van der Waals surface area contributed by atoms with Crippen LogP contribution < -0.4 is 0 Å². The quantitative estimate of drug-likeness (QED) is 0.759. The fraction of sp³-hybridized carbons (Fsp3) is 0.647. The van der Waals surface area contributed by atoms with Crippen molar-refractivity contribution in [3.63, 3.8) is 0 Å². The van der Waals surface area contributed by atoms with Crippen molar-refractivity contribution in [2.75, 3.05) is 0 Å². The molecular formula is C17H24BrClO. The zero-order valence-electron chi connectivity index (χ0n) is 12.5. The summed E-state index contributed by atoms with van der Waals surface area (Å²) in [6, 6.07) is 6.08. The van der Waals surface area contributed by atoms with Gasteiger partial charge in [0.1, 0.15) is 0 Å². The molecule has 0 heterocycles. The van der Waals surface area contributed by atoms with Gasteiger partial charge < -0.3 is 5.11 Å². The van der Waals surface area contributed by atoms with Gasteiger partial charge in [-0.3, -0.25) is 0 Å². The molecule has 1 fully saturated rings. The van der Waals surface area contributed by atoms with E-state index in [1.807, 2.05) is 12.1 Å². The highest BCUT2D eigenvalue weighted by molar-refractivity contribution is 9.10. The van der Waals surface area contributed by atoms with Crippen molar-refractivity contribution in [3.05, 3.63) is 33.3 Å². The predicted molar refractivity (Wildman–Crippen MR) is 89.1 cm³/mol. The van der Waals surface area contributed by atoms with Crippen molar-refractivity contribution in [1.29, 1.82) is 0 Å². The van der Waals surface area contributed by atoms with Crippen LogP contribution in [0.5, 0.6) is 0 Å². The maximum absolute atomic E-state index is 10.4. The molecule has 112 valence electrons. The lowest BCUT2D eigenvalue weighted by Gasteiger charge is -2.42. The minimum atomic E-state index is -0.178. The first-order valence-electron chi connectivity index (χ1n) is 7.41. The van der Waals surface area contributed by atoms with Gasteiger partial charge in [-0.25, -0.2) is 0 Å². The Kier molecular flexibility index (Phi) is 5.20. The van der Waals surface area contributed by atoms with Gasteiger partial charge in [-0.05, 0) is 54.2 Å². The molecular weight excluding hydrogens is 336 g/mol. The van der Waals surface area contributed by atoms with Crippen LogP contribution in [0.15, 0.2) is 22.7 Å². The van der Waals surface area contributed by atoms with Crippen molar-refractivity contribution in [3.8, 4) is 0 Å². The lowest BCUT2D eigenvalue weighted by Crippen LogP contribution is -2.39. The summed E-state index contributed by atoms with van der Waals surface area (Å²) in [5, 5.41) is 11.2. The minimum Gasteiger partial charge on any atom is -0.393 e. The number of halogens is 2. The summed E-state index contributed by atoms with van der Waals surface area (Å²) in [6.45, 7) is 6.75.